The molecule has 0 atom stereocenters. The first kappa shape index (κ1) is 25.1. The lowest BCUT2D eigenvalue weighted by Crippen LogP contribution is -2.53. The van der Waals surface area contributed by atoms with Crippen LogP contribution in [0.2, 0.25) is 0 Å². The Labute approximate surface area is 210 Å². The molecule has 1 fully saturated rings. The Morgan fingerprint density at radius 3 is 2.33 bits per heavy atom. The highest BCUT2D eigenvalue weighted by Crippen LogP contribution is 2.20. The molecule has 2 aromatic carbocycles. The molecule has 0 spiro atoms. The number of nitrogens with zero attached hydrogens (tertiary/aromatic N) is 5. The van der Waals surface area contributed by atoms with Crippen LogP contribution in [0.25, 0.3) is 11.3 Å². The van der Waals surface area contributed by atoms with Crippen molar-refractivity contribution in [3.05, 3.63) is 72.0 Å². The van der Waals surface area contributed by atoms with Crippen molar-refractivity contribution in [2.45, 2.75) is 19.9 Å². The minimum absolute atomic E-state index is 0.0138. The number of hydrogen-bond donors (Lipinski definition) is 0. The molecule has 3 aromatic rings. The largest absolute Gasteiger partial charge is 0.497 e. The zero-order valence-electron chi connectivity index (χ0n) is 20.7. The van der Waals surface area contributed by atoms with Crippen LogP contribution in [0.15, 0.2) is 60.7 Å². The lowest BCUT2D eigenvalue weighted by atomic mass is 10.1. The number of benzene rings is 2. The number of rotatable bonds is 7. The van der Waals surface area contributed by atoms with E-state index in [2.05, 4.69) is 15.1 Å². The highest BCUT2D eigenvalue weighted by atomic mass is 19.1. The lowest BCUT2D eigenvalue weighted by molar-refractivity contribution is -0.132. The molecule has 188 valence electrons. The molecule has 9 heteroatoms. The Balaban J connectivity index is 1.35. The molecule has 1 aliphatic heterocycles. The Bertz CT molecular complexity index is 1190. The predicted molar refractivity (Wildman–Crippen MR) is 135 cm³/mol. The summed E-state index contributed by atoms with van der Waals surface area (Å²) in [6.07, 6.45) is 0. The third-order valence-electron chi connectivity index (χ3n) is 6.25. The normalized spacial score (nSPS) is 13.6. The molecule has 1 aliphatic rings. The fourth-order valence-corrected chi connectivity index (χ4v) is 4.11. The number of piperazine rings is 1. The molecule has 36 heavy (non-hydrogen) atoms. The van der Waals surface area contributed by atoms with Crippen LogP contribution in [0.4, 0.5) is 10.2 Å². The van der Waals surface area contributed by atoms with Gasteiger partial charge in [0.05, 0.1) is 12.8 Å². The van der Waals surface area contributed by atoms with E-state index in [4.69, 9.17) is 4.74 Å². The van der Waals surface area contributed by atoms with Gasteiger partial charge in [0.15, 0.2) is 5.82 Å². The summed E-state index contributed by atoms with van der Waals surface area (Å²) in [5, 5.41) is 8.61. The highest BCUT2D eigenvalue weighted by molar-refractivity contribution is 5.97. The second-order valence-corrected chi connectivity index (χ2v) is 8.91. The number of carbonyl (C=O) groups excluding carboxylic acids is 2. The van der Waals surface area contributed by atoms with E-state index >= 15 is 0 Å². The van der Waals surface area contributed by atoms with Gasteiger partial charge in [-0.2, -0.15) is 0 Å². The Morgan fingerprint density at radius 1 is 1.00 bits per heavy atom. The van der Waals surface area contributed by atoms with Gasteiger partial charge in [-0.15, -0.1) is 10.2 Å². The van der Waals surface area contributed by atoms with Crippen molar-refractivity contribution in [2.75, 3.05) is 44.7 Å². The average molecular weight is 492 g/mol. The van der Waals surface area contributed by atoms with Crippen LogP contribution in [0.5, 0.6) is 5.75 Å². The number of aromatic nitrogens is 2. The van der Waals surface area contributed by atoms with E-state index in [1.165, 1.54) is 12.1 Å². The van der Waals surface area contributed by atoms with E-state index in [0.717, 1.165) is 11.4 Å². The van der Waals surface area contributed by atoms with E-state index in [1.807, 2.05) is 26.0 Å². The summed E-state index contributed by atoms with van der Waals surface area (Å²) in [5.41, 5.74) is 1.95. The molecule has 1 saturated heterocycles. The molecule has 1 aromatic heterocycles. The number of amides is 2. The van der Waals surface area contributed by atoms with E-state index in [-0.39, 0.29) is 30.2 Å². The summed E-state index contributed by atoms with van der Waals surface area (Å²) in [7, 11) is 1.55. The lowest BCUT2D eigenvalue weighted by Gasteiger charge is -2.36. The van der Waals surface area contributed by atoms with Crippen LogP contribution in [-0.2, 0) is 4.79 Å². The third kappa shape index (κ3) is 5.79. The van der Waals surface area contributed by atoms with Gasteiger partial charge < -0.3 is 19.4 Å². The van der Waals surface area contributed by atoms with Crippen LogP contribution in [0, 0.1) is 5.82 Å². The van der Waals surface area contributed by atoms with Crippen LogP contribution < -0.4 is 9.64 Å². The van der Waals surface area contributed by atoms with Gasteiger partial charge >= 0.3 is 0 Å². The molecule has 8 nitrogen and oxygen atoms in total. The topological polar surface area (TPSA) is 78.9 Å². The highest BCUT2D eigenvalue weighted by Gasteiger charge is 2.27. The van der Waals surface area contributed by atoms with Gasteiger partial charge in [0.1, 0.15) is 18.1 Å². The SMILES string of the molecule is COc1cccc(C(=O)N(CC(=O)N2CCN(c3ccc(-c4ccc(F)cc4)nn3)CC2)C(C)C)c1. The van der Waals surface area contributed by atoms with Gasteiger partial charge in [-0.3, -0.25) is 9.59 Å². The average Bonchev–Trinajstić information content (AvgIpc) is 2.91. The summed E-state index contributed by atoms with van der Waals surface area (Å²) >= 11 is 0. The van der Waals surface area contributed by atoms with Gasteiger partial charge in [-0.1, -0.05) is 6.07 Å². The van der Waals surface area contributed by atoms with Crippen molar-refractivity contribution in [1.82, 2.24) is 20.0 Å². The van der Waals surface area contributed by atoms with Crippen LogP contribution in [0.1, 0.15) is 24.2 Å². The third-order valence-corrected chi connectivity index (χ3v) is 6.25. The summed E-state index contributed by atoms with van der Waals surface area (Å²) < 4.78 is 18.4. The predicted octanol–water partition coefficient (Wildman–Crippen LogP) is 3.49. The van der Waals surface area contributed by atoms with Crippen molar-refractivity contribution >= 4 is 17.6 Å². The zero-order chi connectivity index (χ0) is 25.7. The van der Waals surface area contributed by atoms with Gasteiger partial charge in [-0.25, -0.2) is 4.39 Å². The molecule has 2 amide bonds. The minimum atomic E-state index is -0.295. The quantitative estimate of drug-likeness (QED) is 0.504. The van der Waals surface area contributed by atoms with Gasteiger partial charge in [0.25, 0.3) is 5.91 Å². The van der Waals surface area contributed by atoms with Crippen LogP contribution in [0.3, 0.4) is 0 Å². The summed E-state index contributed by atoms with van der Waals surface area (Å²) in [6.45, 7) is 6.09. The number of anilines is 1. The summed E-state index contributed by atoms with van der Waals surface area (Å²) in [6, 6.07) is 16.7. The molecule has 4 rings (SSSR count). The number of methoxy groups -OCH3 is 1. The van der Waals surface area contributed by atoms with E-state index in [1.54, 1.807) is 53.3 Å². The first-order chi connectivity index (χ1) is 17.4. The van der Waals surface area contributed by atoms with Crippen molar-refractivity contribution in [3.8, 4) is 17.0 Å². The maximum absolute atomic E-state index is 13.2. The monoisotopic (exact) mass is 491 g/mol. The first-order valence-electron chi connectivity index (χ1n) is 11.9. The van der Waals surface area contributed by atoms with E-state index in [0.29, 0.717) is 43.2 Å². The molecular formula is C27H30FN5O3. The Hall–Kier alpha value is -4.01. The minimum Gasteiger partial charge on any atom is -0.497 e. The molecule has 0 unspecified atom stereocenters. The zero-order valence-corrected chi connectivity index (χ0v) is 20.7. The van der Waals surface area contributed by atoms with Crippen molar-refractivity contribution in [3.63, 3.8) is 0 Å². The number of carbonyl (C=O) groups is 2. The maximum atomic E-state index is 13.2. The molecular weight excluding hydrogens is 461 g/mol. The number of hydrogen-bond acceptors (Lipinski definition) is 6. The number of halogens is 1. The second kappa shape index (κ2) is 11.2. The first-order valence-corrected chi connectivity index (χ1v) is 11.9. The molecule has 0 bridgehead atoms. The van der Waals surface area contributed by atoms with Gasteiger partial charge in [0, 0.05) is 43.3 Å². The van der Waals surface area contributed by atoms with Crippen molar-refractivity contribution in [2.24, 2.45) is 0 Å². The molecule has 0 radical (unpaired) electrons. The van der Waals surface area contributed by atoms with Gasteiger partial charge in [-0.05, 0) is 68.4 Å². The van der Waals surface area contributed by atoms with Crippen molar-refractivity contribution in [1.29, 1.82) is 0 Å². The molecule has 0 saturated carbocycles. The van der Waals surface area contributed by atoms with Crippen LogP contribution >= 0.6 is 0 Å². The number of ether oxygens (including phenoxy) is 1. The van der Waals surface area contributed by atoms with E-state index in [9.17, 15) is 14.0 Å². The molecule has 0 N–H and O–H groups in total. The van der Waals surface area contributed by atoms with E-state index < -0.39 is 0 Å². The summed E-state index contributed by atoms with van der Waals surface area (Å²) in [5.74, 6) is 0.743. The smallest absolute Gasteiger partial charge is 0.254 e. The second-order valence-electron chi connectivity index (χ2n) is 8.91. The standard InChI is InChI=1S/C27H30FN5O3/c1-19(2)33(27(35)21-5-4-6-23(17-21)36-3)18-26(34)32-15-13-31(14-16-32)25-12-11-24(29-30-25)20-7-9-22(28)10-8-20/h4-12,17,19H,13-16,18H2,1-3H3. The molecule has 0 aliphatic carbocycles. The Morgan fingerprint density at radius 2 is 1.72 bits per heavy atom. The maximum Gasteiger partial charge on any atom is 0.254 e. The fourth-order valence-electron chi connectivity index (χ4n) is 4.11. The Kier molecular flexibility index (Phi) is 7.77. The van der Waals surface area contributed by atoms with Gasteiger partial charge in [0.2, 0.25) is 5.91 Å². The van der Waals surface area contributed by atoms with Crippen LogP contribution in [-0.4, -0.2) is 77.7 Å². The fraction of sp³-hybridized carbons (Fsp3) is 0.333. The molecule has 2 heterocycles. The van der Waals surface area contributed by atoms with Crippen molar-refractivity contribution < 1.29 is 18.7 Å². The summed E-state index contributed by atoms with van der Waals surface area (Å²) in [4.78, 5) is 31.6.